The van der Waals surface area contributed by atoms with Gasteiger partial charge in [0.2, 0.25) is 5.91 Å². The number of amidine groups is 1. The van der Waals surface area contributed by atoms with Gasteiger partial charge < -0.3 is 5.73 Å². The normalized spacial score (nSPS) is 24.4. The first kappa shape index (κ1) is 12.3. The minimum absolute atomic E-state index is 0.160. The fourth-order valence-corrected chi connectivity index (χ4v) is 2.02. The fourth-order valence-electron chi connectivity index (χ4n) is 2.02. The Morgan fingerprint density at radius 1 is 1.44 bits per heavy atom. The Bertz CT molecular complexity index is 526. The molecule has 1 unspecified atom stereocenters. The zero-order chi connectivity index (χ0) is 13.3. The van der Waals surface area contributed by atoms with Crippen LogP contribution in [0.3, 0.4) is 0 Å². The molecule has 2 rings (SSSR count). The number of nitrogens with zero attached hydrogens (tertiary/aromatic N) is 2. The quantitative estimate of drug-likeness (QED) is 0.413. The van der Waals surface area contributed by atoms with E-state index in [4.69, 9.17) is 5.73 Å². The Morgan fingerprint density at radius 3 is 2.83 bits per heavy atom. The molecule has 18 heavy (non-hydrogen) atoms. The molecular weight excluding hydrogens is 230 g/mol. The average molecular weight is 245 g/mol. The molecule has 2 N–H and O–H groups in total. The van der Waals surface area contributed by atoms with Crippen LogP contribution in [0.2, 0.25) is 0 Å². The average Bonchev–Trinajstić information content (AvgIpc) is 2.58. The zero-order valence-electron chi connectivity index (χ0n) is 10.4. The van der Waals surface area contributed by atoms with Gasteiger partial charge in [0.15, 0.2) is 0 Å². The van der Waals surface area contributed by atoms with E-state index in [0.29, 0.717) is 17.8 Å². The van der Waals surface area contributed by atoms with Crippen molar-refractivity contribution in [1.82, 2.24) is 4.90 Å². The van der Waals surface area contributed by atoms with Crippen molar-refractivity contribution >= 4 is 17.6 Å². The van der Waals surface area contributed by atoms with Crippen LogP contribution in [0, 0.1) is 5.92 Å². The lowest BCUT2D eigenvalue weighted by molar-refractivity contribution is -0.143. The number of rotatable bonds is 1. The van der Waals surface area contributed by atoms with Crippen molar-refractivity contribution in [3.05, 3.63) is 35.5 Å². The van der Waals surface area contributed by atoms with E-state index in [2.05, 4.69) is 4.99 Å². The van der Waals surface area contributed by atoms with Crippen molar-refractivity contribution < 1.29 is 9.59 Å². The van der Waals surface area contributed by atoms with Crippen LogP contribution in [0.5, 0.6) is 0 Å². The molecule has 1 heterocycles. The van der Waals surface area contributed by atoms with Crippen LogP contribution in [-0.2, 0) is 9.59 Å². The zero-order valence-corrected chi connectivity index (χ0v) is 10.4. The first-order valence-corrected chi connectivity index (χ1v) is 5.68. The molecule has 1 fully saturated rings. The number of allylic oxidation sites excluding steroid dienone is 3. The summed E-state index contributed by atoms with van der Waals surface area (Å²) >= 11 is 0. The molecule has 0 aromatic carbocycles. The molecule has 0 aromatic heterocycles. The molecule has 0 spiro atoms. The number of carbonyl (C=O) groups excluding carboxylic acids is 2. The second-order valence-corrected chi connectivity index (χ2v) is 4.28. The second-order valence-electron chi connectivity index (χ2n) is 4.28. The predicted octanol–water partition coefficient (Wildman–Crippen LogP) is 0.401. The van der Waals surface area contributed by atoms with Crippen LogP contribution in [0.1, 0.15) is 6.42 Å². The largest absolute Gasteiger partial charge is 0.384 e. The van der Waals surface area contributed by atoms with Gasteiger partial charge in [-0.25, -0.2) is 0 Å². The van der Waals surface area contributed by atoms with E-state index in [-0.39, 0.29) is 17.7 Å². The Hall–Kier alpha value is -2.17. The third kappa shape index (κ3) is 1.99. The van der Waals surface area contributed by atoms with E-state index in [9.17, 15) is 9.59 Å². The number of hydrogen-bond acceptors (Lipinski definition) is 3. The van der Waals surface area contributed by atoms with Crippen LogP contribution in [-0.4, -0.2) is 36.6 Å². The lowest BCUT2D eigenvalue weighted by Crippen LogP contribution is -2.41. The fraction of sp³-hybridized carbons (Fsp3) is 0.308. The highest BCUT2D eigenvalue weighted by molar-refractivity contribution is 6.08. The summed E-state index contributed by atoms with van der Waals surface area (Å²) in [5, 5.41) is 0. The summed E-state index contributed by atoms with van der Waals surface area (Å²) in [6, 6.07) is 0. The maximum atomic E-state index is 12.0. The van der Waals surface area contributed by atoms with E-state index in [1.54, 1.807) is 19.2 Å². The number of hydrogen-bond donors (Lipinski definition) is 1. The summed E-state index contributed by atoms with van der Waals surface area (Å²) < 4.78 is 0. The number of piperidine rings is 1. The van der Waals surface area contributed by atoms with Crippen LogP contribution in [0.25, 0.3) is 0 Å². The van der Waals surface area contributed by atoms with E-state index < -0.39 is 0 Å². The van der Waals surface area contributed by atoms with Gasteiger partial charge in [-0.3, -0.25) is 19.5 Å². The number of likely N-dealkylation sites (tertiary alicyclic amines) is 1. The third-order valence-corrected chi connectivity index (χ3v) is 3.21. The van der Waals surface area contributed by atoms with Gasteiger partial charge in [-0.15, -0.1) is 0 Å². The summed E-state index contributed by atoms with van der Waals surface area (Å²) in [4.78, 5) is 28.7. The summed E-state index contributed by atoms with van der Waals surface area (Å²) in [7, 11) is 3.11. The Labute approximate surface area is 105 Å². The Morgan fingerprint density at radius 2 is 2.17 bits per heavy atom. The molecule has 0 saturated carbocycles. The van der Waals surface area contributed by atoms with Gasteiger partial charge in [-0.05, 0) is 0 Å². The number of aliphatic imine (C=N–C) groups is 1. The van der Waals surface area contributed by atoms with Crippen LogP contribution >= 0.6 is 0 Å². The smallest absolute Gasteiger partial charge is 0.256 e. The number of nitrogens with two attached hydrogens (primary N) is 1. The molecule has 0 bridgehead atoms. The molecule has 2 aliphatic rings. The molecule has 2 amide bonds. The van der Waals surface area contributed by atoms with Crippen molar-refractivity contribution in [3.63, 3.8) is 0 Å². The molecule has 1 aliphatic heterocycles. The molecule has 5 nitrogen and oxygen atoms in total. The molecule has 1 saturated heterocycles. The van der Waals surface area contributed by atoms with Gasteiger partial charge in [0, 0.05) is 37.6 Å². The van der Waals surface area contributed by atoms with Crippen molar-refractivity contribution in [1.29, 1.82) is 0 Å². The highest BCUT2D eigenvalue weighted by Gasteiger charge is 2.33. The Balaban J connectivity index is 2.40. The number of likely N-dealkylation sites (N-methyl/N-ethyl adjacent to an activating group) is 1. The van der Waals surface area contributed by atoms with Gasteiger partial charge in [0.05, 0.1) is 0 Å². The lowest BCUT2D eigenvalue weighted by Gasteiger charge is -2.27. The summed E-state index contributed by atoms with van der Waals surface area (Å²) in [6.45, 7) is 0. The second kappa shape index (κ2) is 4.60. The SMILES string of the molecule is CN=C(N)C1=CC=C2C(=O)N(C)C(=O)CC2C=C1. The van der Waals surface area contributed by atoms with E-state index in [1.807, 2.05) is 12.2 Å². The van der Waals surface area contributed by atoms with Crippen molar-refractivity contribution in [2.75, 3.05) is 14.1 Å². The van der Waals surface area contributed by atoms with Crippen molar-refractivity contribution in [3.8, 4) is 0 Å². The molecule has 0 aromatic rings. The maximum Gasteiger partial charge on any atom is 0.256 e. The van der Waals surface area contributed by atoms with E-state index in [0.717, 1.165) is 10.5 Å². The van der Waals surface area contributed by atoms with Crippen LogP contribution in [0.15, 0.2) is 40.4 Å². The molecule has 94 valence electrons. The van der Waals surface area contributed by atoms with Gasteiger partial charge in [0.25, 0.3) is 5.91 Å². The number of amides is 2. The predicted molar refractivity (Wildman–Crippen MR) is 68.7 cm³/mol. The van der Waals surface area contributed by atoms with Gasteiger partial charge in [-0.2, -0.15) is 0 Å². The first-order chi connectivity index (χ1) is 8.54. The van der Waals surface area contributed by atoms with Crippen molar-refractivity contribution in [2.45, 2.75) is 6.42 Å². The topological polar surface area (TPSA) is 75.8 Å². The van der Waals surface area contributed by atoms with E-state index >= 15 is 0 Å². The van der Waals surface area contributed by atoms with Gasteiger partial charge >= 0.3 is 0 Å². The van der Waals surface area contributed by atoms with Crippen LogP contribution in [0.4, 0.5) is 0 Å². The Kier molecular flexibility index (Phi) is 3.14. The van der Waals surface area contributed by atoms with Gasteiger partial charge in [-0.1, -0.05) is 24.3 Å². The highest BCUT2D eigenvalue weighted by atomic mass is 16.2. The lowest BCUT2D eigenvalue weighted by atomic mass is 9.90. The van der Waals surface area contributed by atoms with Crippen molar-refractivity contribution in [2.24, 2.45) is 16.6 Å². The molecule has 1 atom stereocenters. The number of carbonyl (C=O) groups is 2. The summed E-state index contributed by atoms with van der Waals surface area (Å²) in [6.07, 6.45) is 7.45. The highest BCUT2D eigenvalue weighted by Crippen LogP contribution is 2.28. The number of imide groups is 1. The maximum absolute atomic E-state index is 12.0. The number of fused-ring (bicyclic) bond motifs is 1. The molecule has 0 radical (unpaired) electrons. The molecule has 5 heteroatoms. The first-order valence-electron chi connectivity index (χ1n) is 5.68. The standard InChI is InChI=1S/C13H15N3O2/c1-15-12(14)8-3-4-9-7-11(17)16(2)13(18)10(9)6-5-8/h3-6,9H,7H2,1-2H3,(H2,14,15). The van der Waals surface area contributed by atoms with Gasteiger partial charge in [0.1, 0.15) is 5.84 Å². The summed E-state index contributed by atoms with van der Waals surface area (Å²) in [5.41, 5.74) is 7.10. The monoisotopic (exact) mass is 245 g/mol. The minimum atomic E-state index is -0.245. The summed E-state index contributed by atoms with van der Waals surface area (Å²) in [5.74, 6) is -0.161. The third-order valence-electron chi connectivity index (χ3n) is 3.21. The molecule has 1 aliphatic carbocycles. The minimum Gasteiger partial charge on any atom is -0.384 e. The molecular formula is C13H15N3O2. The van der Waals surface area contributed by atoms with E-state index in [1.165, 1.54) is 7.05 Å². The van der Waals surface area contributed by atoms with Crippen LogP contribution < -0.4 is 5.73 Å².